The van der Waals surface area contributed by atoms with Crippen LogP contribution in [-0.2, 0) is 0 Å². The molecule has 0 saturated carbocycles. The summed E-state index contributed by atoms with van der Waals surface area (Å²) >= 11 is 0. The van der Waals surface area contributed by atoms with Crippen LogP contribution in [0, 0.1) is 0 Å². The van der Waals surface area contributed by atoms with Crippen molar-refractivity contribution in [2.75, 3.05) is 12.8 Å². The number of anilines is 1. The summed E-state index contributed by atoms with van der Waals surface area (Å²) in [6, 6.07) is 6.05. The summed E-state index contributed by atoms with van der Waals surface area (Å²) in [5, 5.41) is 2.09. The van der Waals surface area contributed by atoms with E-state index in [1.807, 2.05) is 19.2 Å². The van der Waals surface area contributed by atoms with E-state index in [0.29, 0.717) is 0 Å². The molecule has 0 heterocycles. The molecule has 0 unspecified atom stereocenters. The molecule has 1 aromatic rings. The molecule has 2 nitrogen and oxygen atoms in total. The highest BCUT2D eigenvalue weighted by atomic mass is 14.8. The second-order valence-corrected chi connectivity index (χ2v) is 4.38. The SMILES string of the molecule is C[NH2+]c1cc(N)ccc1/C=C1/C=CC(C)=CC1. The van der Waals surface area contributed by atoms with Crippen LogP contribution in [0.25, 0.3) is 6.08 Å². The van der Waals surface area contributed by atoms with Crippen LogP contribution in [0.1, 0.15) is 18.9 Å². The first-order valence-corrected chi connectivity index (χ1v) is 5.93. The lowest BCUT2D eigenvalue weighted by Crippen LogP contribution is -2.73. The van der Waals surface area contributed by atoms with Crippen molar-refractivity contribution in [3.05, 3.63) is 53.1 Å². The lowest BCUT2D eigenvalue weighted by atomic mass is 10.00. The van der Waals surface area contributed by atoms with Gasteiger partial charge < -0.3 is 11.1 Å². The molecule has 0 saturated heterocycles. The summed E-state index contributed by atoms with van der Waals surface area (Å²) in [6.07, 6.45) is 9.83. The van der Waals surface area contributed by atoms with Gasteiger partial charge in [-0.05, 0) is 37.1 Å². The van der Waals surface area contributed by atoms with Gasteiger partial charge in [0.2, 0.25) is 0 Å². The Kier molecular flexibility index (Phi) is 3.45. The van der Waals surface area contributed by atoms with Crippen molar-refractivity contribution < 1.29 is 5.32 Å². The molecule has 0 bridgehead atoms. The Morgan fingerprint density at radius 2 is 2.12 bits per heavy atom. The molecule has 2 rings (SSSR count). The number of nitrogens with two attached hydrogens (primary N) is 2. The van der Waals surface area contributed by atoms with E-state index >= 15 is 0 Å². The predicted molar refractivity (Wildman–Crippen MR) is 73.9 cm³/mol. The molecule has 0 fully saturated rings. The third-order valence-corrected chi connectivity index (χ3v) is 2.98. The molecule has 0 spiro atoms. The fourth-order valence-corrected chi connectivity index (χ4v) is 1.93. The molecule has 1 aliphatic carbocycles. The maximum Gasteiger partial charge on any atom is 0.138 e. The van der Waals surface area contributed by atoms with Crippen molar-refractivity contribution in [3.63, 3.8) is 0 Å². The number of nitrogen functional groups attached to an aromatic ring is 1. The van der Waals surface area contributed by atoms with Crippen LogP contribution in [-0.4, -0.2) is 7.05 Å². The second kappa shape index (κ2) is 5.02. The van der Waals surface area contributed by atoms with Gasteiger partial charge in [0.1, 0.15) is 5.69 Å². The Balaban J connectivity index is 2.30. The lowest BCUT2D eigenvalue weighted by Gasteiger charge is -2.07. The summed E-state index contributed by atoms with van der Waals surface area (Å²) in [5.41, 5.74) is 11.7. The van der Waals surface area contributed by atoms with Gasteiger partial charge in [-0.15, -0.1) is 0 Å². The Labute approximate surface area is 103 Å². The summed E-state index contributed by atoms with van der Waals surface area (Å²) in [7, 11) is 2.04. The summed E-state index contributed by atoms with van der Waals surface area (Å²) in [6.45, 7) is 2.13. The predicted octanol–water partition coefficient (Wildman–Crippen LogP) is 2.38. The van der Waals surface area contributed by atoms with Crippen molar-refractivity contribution in [2.45, 2.75) is 13.3 Å². The first kappa shape index (κ1) is 11.7. The van der Waals surface area contributed by atoms with E-state index < -0.39 is 0 Å². The van der Waals surface area contributed by atoms with Crippen molar-refractivity contribution in [1.29, 1.82) is 0 Å². The topological polar surface area (TPSA) is 42.6 Å². The van der Waals surface area contributed by atoms with Gasteiger partial charge in [0, 0.05) is 17.3 Å². The minimum atomic E-state index is 0.815. The summed E-state index contributed by atoms with van der Waals surface area (Å²) in [4.78, 5) is 0. The van der Waals surface area contributed by atoms with Crippen molar-refractivity contribution >= 4 is 17.5 Å². The number of quaternary nitrogens is 1. The maximum atomic E-state index is 5.79. The molecule has 0 radical (unpaired) electrons. The Morgan fingerprint density at radius 1 is 1.29 bits per heavy atom. The fraction of sp³-hybridized carbons (Fsp3) is 0.200. The average Bonchev–Trinajstić information content (AvgIpc) is 2.34. The van der Waals surface area contributed by atoms with E-state index in [4.69, 9.17) is 5.73 Å². The van der Waals surface area contributed by atoms with Crippen LogP contribution in [0.15, 0.2) is 47.6 Å². The number of rotatable bonds is 2. The van der Waals surface area contributed by atoms with Crippen LogP contribution < -0.4 is 11.1 Å². The van der Waals surface area contributed by atoms with Crippen LogP contribution in [0.5, 0.6) is 0 Å². The Morgan fingerprint density at radius 3 is 2.76 bits per heavy atom. The largest absolute Gasteiger partial charge is 0.399 e. The van der Waals surface area contributed by atoms with Crippen molar-refractivity contribution in [3.8, 4) is 0 Å². The van der Waals surface area contributed by atoms with Gasteiger partial charge in [-0.1, -0.05) is 23.8 Å². The Bertz CT molecular complexity index is 508. The molecule has 88 valence electrons. The van der Waals surface area contributed by atoms with Gasteiger partial charge in [-0.25, -0.2) is 0 Å². The van der Waals surface area contributed by atoms with Gasteiger partial charge in [-0.3, -0.25) is 0 Å². The van der Waals surface area contributed by atoms with Gasteiger partial charge in [-0.2, -0.15) is 0 Å². The van der Waals surface area contributed by atoms with Crippen molar-refractivity contribution in [2.24, 2.45) is 0 Å². The molecular weight excluding hydrogens is 208 g/mol. The van der Waals surface area contributed by atoms with E-state index in [1.54, 1.807) is 0 Å². The van der Waals surface area contributed by atoms with Crippen LogP contribution in [0.3, 0.4) is 0 Å². The normalized spacial score (nSPS) is 17.3. The maximum absolute atomic E-state index is 5.79. The third kappa shape index (κ3) is 2.86. The molecule has 2 heteroatoms. The first-order chi connectivity index (χ1) is 8.19. The van der Waals surface area contributed by atoms with Gasteiger partial charge in [0.15, 0.2) is 0 Å². The highest BCUT2D eigenvalue weighted by Crippen LogP contribution is 2.22. The minimum absolute atomic E-state index is 0.815. The van der Waals surface area contributed by atoms with Gasteiger partial charge >= 0.3 is 0 Å². The van der Waals surface area contributed by atoms with Crippen molar-refractivity contribution in [1.82, 2.24) is 0 Å². The van der Waals surface area contributed by atoms with E-state index in [0.717, 1.165) is 12.1 Å². The second-order valence-electron chi connectivity index (χ2n) is 4.38. The summed E-state index contributed by atoms with van der Waals surface area (Å²) < 4.78 is 0. The van der Waals surface area contributed by atoms with Crippen LogP contribution >= 0.6 is 0 Å². The molecule has 0 atom stereocenters. The molecular formula is C15H19N2+. The smallest absolute Gasteiger partial charge is 0.138 e. The van der Waals surface area contributed by atoms with E-state index in [-0.39, 0.29) is 0 Å². The molecule has 1 aliphatic rings. The first-order valence-electron chi connectivity index (χ1n) is 5.93. The van der Waals surface area contributed by atoms with Crippen LogP contribution in [0.2, 0.25) is 0 Å². The fourth-order valence-electron chi connectivity index (χ4n) is 1.93. The molecule has 0 aliphatic heterocycles. The number of benzene rings is 1. The van der Waals surface area contributed by atoms with E-state index in [9.17, 15) is 0 Å². The zero-order valence-electron chi connectivity index (χ0n) is 10.4. The lowest BCUT2D eigenvalue weighted by molar-refractivity contribution is -0.539. The molecule has 17 heavy (non-hydrogen) atoms. The van der Waals surface area contributed by atoms with E-state index in [2.05, 4.69) is 42.6 Å². The average molecular weight is 227 g/mol. The molecule has 1 aromatic carbocycles. The molecule has 4 N–H and O–H groups in total. The van der Waals surface area contributed by atoms with Gasteiger partial charge in [0.05, 0.1) is 7.05 Å². The standard InChI is InChI=1S/C15H18N2/c1-11-3-5-12(6-4-11)9-13-7-8-14(16)10-15(13)17-2/h3-5,7-10,17H,6,16H2,1-2H3/p+1/b12-9-. The Hall–Kier alpha value is -1.80. The molecule has 0 amide bonds. The van der Waals surface area contributed by atoms with Gasteiger partial charge in [0.25, 0.3) is 0 Å². The highest BCUT2D eigenvalue weighted by molar-refractivity contribution is 5.68. The minimum Gasteiger partial charge on any atom is -0.399 e. The highest BCUT2D eigenvalue weighted by Gasteiger charge is 2.04. The zero-order chi connectivity index (χ0) is 12.3. The number of allylic oxidation sites excluding steroid dienone is 5. The number of hydrogen-bond acceptors (Lipinski definition) is 1. The monoisotopic (exact) mass is 227 g/mol. The number of hydrogen-bond donors (Lipinski definition) is 2. The summed E-state index contributed by atoms with van der Waals surface area (Å²) in [5.74, 6) is 0. The quantitative estimate of drug-likeness (QED) is 0.748. The third-order valence-electron chi connectivity index (χ3n) is 2.98. The molecule has 0 aromatic heterocycles. The van der Waals surface area contributed by atoms with E-state index in [1.165, 1.54) is 22.4 Å². The van der Waals surface area contributed by atoms with Crippen LogP contribution in [0.4, 0.5) is 11.4 Å². The zero-order valence-corrected chi connectivity index (χ0v) is 10.4.